The lowest BCUT2D eigenvalue weighted by Gasteiger charge is -2.21. The molecule has 3 rings (SSSR count). The quantitative estimate of drug-likeness (QED) is 0.632. The van der Waals surface area contributed by atoms with Gasteiger partial charge in [0.25, 0.3) is 5.91 Å². The number of furan rings is 1. The van der Waals surface area contributed by atoms with Crippen LogP contribution in [0.25, 0.3) is 0 Å². The van der Waals surface area contributed by atoms with Gasteiger partial charge in [0.15, 0.2) is 0 Å². The van der Waals surface area contributed by atoms with Gasteiger partial charge in [0.2, 0.25) is 0 Å². The summed E-state index contributed by atoms with van der Waals surface area (Å²) in [4.78, 5) is 15.3. The topological polar surface area (TPSA) is 33.5 Å². The monoisotopic (exact) mass is 375 g/mol. The molecule has 0 saturated carbocycles. The lowest BCUT2D eigenvalue weighted by atomic mass is 10.2. The van der Waals surface area contributed by atoms with Gasteiger partial charge < -0.3 is 9.32 Å². The molecule has 0 unspecified atom stereocenters. The number of hydrogen-bond acceptors (Lipinski definition) is 3. The van der Waals surface area contributed by atoms with Crippen LogP contribution in [0.5, 0.6) is 0 Å². The van der Waals surface area contributed by atoms with Gasteiger partial charge in [-0.25, -0.2) is 0 Å². The van der Waals surface area contributed by atoms with Crippen LogP contribution in [0, 0.1) is 0 Å². The first kappa shape index (κ1) is 15.1. The lowest BCUT2D eigenvalue weighted by molar-refractivity contribution is 0.0722. The van der Waals surface area contributed by atoms with E-state index in [-0.39, 0.29) is 5.91 Å². The Hall–Kier alpha value is -1.85. The molecule has 0 saturated heterocycles. The van der Waals surface area contributed by atoms with E-state index in [1.165, 1.54) is 11.3 Å². The SMILES string of the molecule is O=C(c1ccc(Br)s1)N(Cc1ccccc1)Cc1ccco1. The van der Waals surface area contributed by atoms with Gasteiger partial charge in [0.05, 0.1) is 21.5 Å². The molecule has 0 aliphatic heterocycles. The maximum absolute atomic E-state index is 12.8. The lowest BCUT2D eigenvalue weighted by Crippen LogP contribution is -2.29. The fraction of sp³-hybridized carbons (Fsp3) is 0.118. The highest BCUT2D eigenvalue weighted by atomic mass is 79.9. The van der Waals surface area contributed by atoms with Crippen molar-refractivity contribution in [3.63, 3.8) is 0 Å². The average molecular weight is 376 g/mol. The Bertz CT molecular complexity index is 737. The van der Waals surface area contributed by atoms with Crippen LogP contribution < -0.4 is 0 Å². The molecule has 1 aromatic carbocycles. The molecule has 0 aliphatic carbocycles. The summed E-state index contributed by atoms with van der Waals surface area (Å²) >= 11 is 4.85. The van der Waals surface area contributed by atoms with Crippen LogP contribution >= 0.6 is 27.3 Å². The molecule has 0 spiro atoms. The molecule has 5 heteroatoms. The van der Waals surface area contributed by atoms with E-state index in [0.29, 0.717) is 13.1 Å². The third-order valence-electron chi connectivity index (χ3n) is 3.21. The molecule has 0 fully saturated rings. The Labute approximate surface area is 141 Å². The normalized spacial score (nSPS) is 10.6. The number of nitrogens with zero attached hydrogens (tertiary/aromatic N) is 1. The third-order valence-corrected chi connectivity index (χ3v) is 4.83. The Kier molecular flexibility index (Phi) is 4.75. The van der Waals surface area contributed by atoms with Crippen molar-refractivity contribution in [2.75, 3.05) is 0 Å². The number of thiophene rings is 1. The molecule has 0 N–H and O–H groups in total. The van der Waals surface area contributed by atoms with Crippen molar-refractivity contribution in [3.05, 3.63) is 80.8 Å². The van der Waals surface area contributed by atoms with Crippen LogP contribution in [0.2, 0.25) is 0 Å². The summed E-state index contributed by atoms with van der Waals surface area (Å²) in [6.07, 6.45) is 1.63. The summed E-state index contributed by atoms with van der Waals surface area (Å²) in [6.45, 7) is 1.01. The van der Waals surface area contributed by atoms with Crippen molar-refractivity contribution in [2.24, 2.45) is 0 Å². The fourth-order valence-corrected chi connectivity index (χ4v) is 3.53. The first-order valence-electron chi connectivity index (χ1n) is 6.83. The third kappa shape index (κ3) is 3.67. The van der Waals surface area contributed by atoms with Gasteiger partial charge in [-0.1, -0.05) is 30.3 Å². The van der Waals surface area contributed by atoms with Crippen LogP contribution in [0.1, 0.15) is 21.0 Å². The molecule has 2 aromatic heterocycles. The van der Waals surface area contributed by atoms with E-state index in [9.17, 15) is 4.79 Å². The van der Waals surface area contributed by atoms with E-state index in [1.807, 2.05) is 54.6 Å². The second kappa shape index (κ2) is 6.94. The number of carbonyl (C=O) groups excluding carboxylic acids is 1. The van der Waals surface area contributed by atoms with Crippen molar-refractivity contribution >= 4 is 33.2 Å². The molecule has 22 heavy (non-hydrogen) atoms. The molecule has 0 atom stereocenters. The number of halogens is 1. The number of amides is 1. The predicted octanol–water partition coefficient (Wildman–Crippen LogP) is 4.95. The van der Waals surface area contributed by atoms with Gasteiger partial charge in [-0.2, -0.15) is 0 Å². The summed E-state index contributed by atoms with van der Waals surface area (Å²) < 4.78 is 6.35. The van der Waals surface area contributed by atoms with E-state index in [1.54, 1.807) is 11.2 Å². The average Bonchev–Trinajstić information content (AvgIpc) is 3.18. The zero-order valence-corrected chi connectivity index (χ0v) is 14.1. The van der Waals surface area contributed by atoms with Crippen molar-refractivity contribution in [3.8, 4) is 0 Å². The molecular formula is C17H14BrNO2S. The molecule has 0 aliphatic rings. The maximum atomic E-state index is 12.8. The zero-order valence-electron chi connectivity index (χ0n) is 11.7. The van der Waals surface area contributed by atoms with Gasteiger partial charge in [-0.05, 0) is 45.8 Å². The number of carbonyl (C=O) groups is 1. The van der Waals surface area contributed by atoms with E-state index in [4.69, 9.17) is 4.42 Å². The molecule has 2 heterocycles. The molecule has 0 bridgehead atoms. The highest BCUT2D eigenvalue weighted by Gasteiger charge is 2.19. The summed E-state index contributed by atoms with van der Waals surface area (Å²) in [5.74, 6) is 0.788. The van der Waals surface area contributed by atoms with Crippen LogP contribution in [0.4, 0.5) is 0 Å². The summed E-state index contributed by atoms with van der Waals surface area (Å²) in [5.41, 5.74) is 1.10. The largest absolute Gasteiger partial charge is 0.467 e. The standard InChI is InChI=1S/C17H14BrNO2S/c18-16-9-8-15(22-16)17(20)19(12-14-7-4-10-21-14)11-13-5-2-1-3-6-13/h1-10H,11-12H2. The van der Waals surface area contributed by atoms with Crippen molar-refractivity contribution < 1.29 is 9.21 Å². The minimum atomic E-state index is 0.0101. The van der Waals surface area contributed by atoms with Crippen LogP contribution in [0.3, 0.4) is 0 Å². The molecule has 1 amide bonds. The second-order valence-electron chi connectivity index (χ2n) is 4.83. The van der Waals surface area contributed by atoms with E-state index in [0.717, 1.165) is 20.0 Å². The molecule has 0 radical (unpaired) electrons. The van der Waals surface area contributed by atoms with Gasteiger partial charge in [-0.15, -0.1) is 11.3 Å². The summed E-state index contributed by atoms with van der Waals surface area (Å²) in [6, 6.07) is 17.4. The van der Waals surface area contributed by atoms with E-state index < -0.39 is 0 Å². The molecular weight excluding hydrogens is 362 g/mol. The number of rotatable bonds is 5. The second-order valence-corrected chi connectivity index (χ2v) is 7.29. The predicted molar refractivity (Wildman–Crippen MR) is 90.7 cm³/mol. The Morgan fingerprint density at radius 3 is 2.50 bits per heavy atom. The first-order valence-corrected chi connectivity index (χ1v) is 8.44. The van der Waals surface area contributed by atoms with E-state index >= 15 is 0 Å². The van der Waals surface area contributed by atoms with E-state index in [2.05, 4.69) is 15.9 Å². The first-order chi connectivity index (χ1) is 10.7. The fourth-order valence-electron chi connectivity index (χ4n) is 2.18. The van der Waals surface area contributed by atoms with Gasteiger partial charge in [0, 0.05) is 6.54 Å². The highest BCUT2D eigenvalue weighted by molar-refractivity contribution is 9.11. The van der Waals surface area contributed by atoms with Crippen LogP contribution in [-0.4, -0.2) is 10.8 Å². The summed E-state index contributed by atoms with van der Waals surface area (Å²) in [7, 11) is 0. The van der Waals surface area contributed by atoms with Crippen LogP contribution in [0.15, 0.2) is 69.1 Å². The van der Waals surface area contributed by atoms with Crippen LogP contribution in [-0.2, 0) is 13.1 Å². The minimum absolute atomic E-state index is 0.0101. The number of benzene rings is 1. The Morgan fingerprint density at radius 2 is 1.86 bits per heavy atom. The summed E-state index contributed by atoms with van der Waals surface area (Å²) in [5, 5.41) is 0. The molecule has 3 nitrogen and oxygen atoms in total. The maximum Gasteiger partial charge on any atom is 0.264 e. The van der Waals surface area contributed by atoms with Gasteiger partial charge >= 0.3 is 0 Å². The van der Waals surface area contributed by atoms with Crippen molar-refractivity contribution in [2.45, 2.75) is 13.1 Å². The molecule has 3 aromatic rings. The van der Waals surface area contributed by atoms with Gasteiger partial charge in [0.1, 0.15) is 5.76 Å². The Balaban J connectivity index is 1.83. The van der Waals surface area contributed by atoms with Gasteiger partial charge in [-0.3, -0.25) is 4.79 Å². The smallest absolute Gasteiger partial charge is 0.264 e. The van der Waals surface area contributed by atoms with Crippen molar-refractivity contribution in [1.29, 1.82) is 0 Å². The number of hydrogen-bond donors (Lipinski definition) is 0. The minimum Gasteiger partial charge on any atom is -0.467 e. The zero-order chi connectivity index (χ0) is 15.4. The Morgan fingerprint density at radius 1 is 1.05 bits per heavy atom. The highest BCUT2D eigenvalue weighted by Crippen LogP contribution is 2.24. The molecule has 112 valence electrons. The van der Waals surface area contributed by atoms with Crippen molar-refractivity contribution in [1.82, 2.24) is 4.90 Å².